The monoisotopic (exact) mass is 386 g/mol. The van der Waals surface area contributed by atoms with Gasteiger partial charge in [-0.15, -0.1) is 11.3 Å². The van der Waals surface area contributed by atoms with E-state index in [4.69, 9.17) is 4.98 Å². The van der Waals surface area contributed by atoms with Gasteiger partial charge < -0.3 is 9.80 Å². The average Bonchev–Trinajstić information content (AvgIpc) is 3.33. The highest BCUT2D eigenvalue weighted by Crippen LogP contribution is 2.37. The first-order chi connectivity index (χ1) is 13.0. The lowest BCUT2D eigenvalue weighted by Crippen LogP contribution is -2.54. The Hall–Kier alpha value is -1.99. The normalized spacial score (nSPS) is 22.4. The minimum absolute atomic E-state index is 0.0885. The van der Waals surface area contributed by atoms with Crippen molar-refractivity contribution in [3.63, 3.8) is 0 Å². The van der Waals surface area contributed by atoms with Gasteiger partial charge in [0, 0.05) is 33.1 Å². The van der Waals surface area contributed by atoms with E-state index in [1.54, 1.807) is 18.3 Å². The predicted octanol–water partition coefficient (Wildman–Crippen LogP) is 2.51. The second kappa shape index (κ2) is 7.56. The lowest BCUT2D eigenvalue weighted by molar-refractivity contribution is -0.142. The predicted molar refractivity (Wildman–Crippen MR) is 107 cm³/mol. The van der Waals surface area contributed by atoms with Crippen molar-refractivity contribution < 1.29 is 9.59 Å². The number of piperazine rings is 1. The van der Waals surface area contributed by atoms with Gasteiger partial charge in [-0.2, -0.15) is 0 Å². The fraction of sp³-hybridized carbons (Fsp3) is 0.550. The van der Waals surface area contributed by atoms with Gasteiger partial charge in [-0.05, 0) is 38.4 Å². The molecule has 2 aromatic rings. The van der Waals surface area contributed by atoms with E-state index in [-0.39, 0.29) is 23.9 Å². The molecule has 0 saturated carbocycles. The molecule has 3 heterocycles. The molecule has 4 rings (SSSR count). The Morgan fingerprint density at radius 3 is 2.52 bits per heavy atom. The summed E-state index contributed by atoms with van der Waals surface area (Å²) in [7, 11) is 0. The molecule has 0 spiro atoms. The van der Waals surface area contributed by atoms with Crippen molar-refractivity contribution >= 4 is 33.4 Å². The van der Waals surface area contributed by atoms with Crippen molar-refractivity contribution in [1.29, 1.82) is 0 Å². The Morgan fingerprint density at radius 1 is 1.11 bits per heavy atom. The molecule has 0 radical (unpaired) electrons. The molecule has 27 heavy (non-hydrogen) atoms. The summed E-state index contributed by atoms with van der Waals surface area (Å²) in [5.41, 5.74) is 1.05. The third-order valence-electron chi connectivity index (χ3n) is 5.78. The maximum Gasteiger partial charge on any atom is 0.239 e. The number of nitrogens with zero attached hydrogens (tertiary/aromatic N) is 4. The molecule has 2 fully saturated rings. The molecular weight excluding hydrogens is 360 g/mol. The first kappa shape index (κ1) is 18.4. The number of carbonyl (C=O) groups excluding carboxylic acids is 2. The van der Waals surface area contributed by atoms with Crippen LogP contribution in [0.3, 0.4) is 0 Å². The van der Waals surface area contributed by atoms with Crippen LogP contribution in [0.25, 0.3) is 10.2 Å². The van der Waals surface area contributed by atoms with E-state index in [0.29, 0.717) is 26.2 Å². The molecule has 0 bridgehead atoms. The largest absolute Gasteiger partial charge is 0.339 e. The number of aromatic nitrogens is 1. The third kappa shape index (κ3) is 3.58. The van der Waals surface area contributed by atoms with Gasteiger partial charge in [0.2, 0.25) is 11.8 Å². The number of fused-ring (bicyclic) bond motifs is 1. The van der Waals surface area contributed by atoms with E-state index in [0.717, 1.165) is 29.9 Å². The van der Waals surface area contributed by atoms with Crippen LogP contribution >= 0.6 is 11.3 Å². The Labute approximate surface area is 163 Å². The zero-order chi connectivity index (χ0) is 19.0. The van der Waals surface area contributed by atoms with Crippen LogP contribution in [0.4, 0.5) is 0 Å². The topological polar surface area (TPSA) is 56.8 Å². The molecule has 6 nitrogen and oxygen atoms in total. The SMILES string of the molecule is CC(=O)N1CCN(C(=O)C(C)N2CCCC2c2nc3ccccc3s2)CC1. The quantitative estimate of drug-likeness (QED) is 0.813. The van der Waals surface area contributed by atoms with Crippen molar-refractivity contribution in [3.05, 3.63) is 29.3 Å². The number of rotatable bonds is 3. The maximum atomic E-state index is 13.1. The zero-order valence-electron chi connectivity index (χ0n) is 15.9. The van der Waals surface area contributed by atoms with Crippen LogP contribution < -0.4 is 0 Å². The van der Waals surface area contributed by atoms with E-state index in [2.05, 4.69) is 17.0 Å². The second-order valence-corrected chi connectivity index (χ2v) is 8.49. The summed E-state index contributed by atoms with van der Waals surface area (Å²) < 4.78 is 1.21. The summed E-state index contributed by atoms with van der Waals surface area (Å²) in [6.07, 6.45) is 2.14. The molecule has 2 saturated heterocycles. The summed E-state index contributed by atoms with van der Waals surface area (Å²) in [5.74, 6) is 0.261. The van der Waals surface area contributed by atoms with Crippen molar-refractivity contribution in [1.82, 2.24) is 19.7 Å². The highest BCUT2D eigenvalue weighted by atomic mass is 32.1. The molecule has 144 valence electrons. The van der Waals surface area contributed by atoms with Crippen LogP contribution in [0.5, 0.6) is 0 Å². The first-order valence-electron chi connectivity index (χ1n) is 9.70. The van der Waals surface area contributed by atoms with Crippen LogP contribution in [0.2, 0.25) is 0 Å². The highest BCUT2D eigenvalue weighted by Gasteiger charge is 2.37. The standard InChI is InChI=1S/C20H26N4O2S/c1-14(20(26)23-12-10-22(11-13-23)15(2)25)24-9-5-7-17(24)19-21-16-6-3-4-8-18(16)27-19/h3-4,6,8,14,17H,5,7,9-13H2,1-2H3. The van der Waals surface area contributed by atoms with Gasteiger partial charge in [0.25, 0.3) is 0 Å². The number of amides is 2. The second-order valence-electron chi connectivity index (χ2n) is 7.42. The number of hydrogen-bond donors (Lipinski definition) is 0. The summed E-state index contributed by atoms with van der Waals surface area (Å²) >= 11 is 1.74. The molecule has 2 aliphatic rings. The molecule has 1 aromatic carbocycles. The molecule has 0 aliphatic carbocycles. The van der Waals surface area contributed by atoms with Crippen LogP contribution in [0.15, 0.2) is 24.3 Å². The maximum absolute atomic E-state index is 13.1. The minimum atomic E-state index is -0.159. The van der Waals surface area contributed by atoms with Crippen molar-refractivity contribution in [2.75, 3.05) is 32.7 Å². The molecule has 0 N–H and O–H groups in total. The zero-order valence-corrected chi connectivity index (χ0v) is 16.7. The van der Waals surface area contributed by atoms with Crippen molar-refractivity contribution in [2.45, 2.75) is 38.8 Å². The summed E-state index contributed by atoms with van der Waals surface area (Å²) in [5, 5.41) is 1.12. The summed E-state index contributed by atoms with van der Waals surface area (Å²) in [6.45, 7) is 7.06. The number of benzene rings is 1. The molecule has 2 atom stereocenters. The Morgan fingerprint density at radius 2 is 1.81 bits per heavy atom. The number of para-hydroxylation sites is 1. The molecule has 2 unspecified atom stereocenters. The van der Waals surface area contributed by atoms with E-state index in [1.807, 2.05) is 28.9 Å². The summed E-state index contributed by atoms with van der Waals surface area (Å²) in [6, 6.07) is 8.29. The first-order valence-corrected chi connectivity index (χ1v) is 10.5. The third-order valence-corrected chi connectivity index (χ3v) is 6.92. The van der Waals surface area contributed by atoms with Gasteiger partial charge in [0.15, 0.2) is 0 Å². The van der Waals surface area contributed by atoms with E-state index < -0.39 is 0 Å². The number of hydrogen-bond acceptors (Lipinski definition) is 5. The summed E-state index contributed by atoms with van der Waals surface area (Å²) in [4.78, 5) is 35.5. The van der Waals surface area contributed by atoms with E-state index in [1.165, 1.54) is 4.70 Å². The average molecular weight is 387 g/mol. The number of likely N-dealkylation sites (tertiary alicyclic amines) is 1. The Kier molecular flexibility index (Phi) is 5.14. The van der Waals surface area contributed by atoms with Crippen molar-refractivity contribution in [2.24, 2.45) is 0 Å². The van der Waals surface area contributed by atoms with Crippen molar-refractivity contribution in [3.8, 4) is 0 Å². The fourth-order valence-corrected chi connectivity index (χ4v) is 5.32. The van der Waals surface area contributed by atoms with Crippen LogP contribution in [0.1, 0.15) is 37.7 Å². The lowest BCUT2D eigenvalue weighted by atomic mass is 10.1. The Balaban J connectivity index is 1.46. The van der Waals surface area contributed by atoms with E-state index in [9.17, 15) is 9.59 Å². The highest BCUT2D eigenvalue weighted by molar-refractivity contribution is 7.18. The van der Waals surface area contributed by atoms with Gasteiger partial charge in [0.05, 0.1) is 22.3 Å². The van der Waals surface area contributed by atoms with Crippen LogP contribution in [-0.4, -0.2) is 70.3 Å². The van der Waals surface area contributed by atoms with Gasteiger partial charge >= 0.3 is 0 Å². The van der Waals surface area contributed by atoms with E-state index >= 15 is 0 Å². The van der Waals surface area contributed by atoms with Gasteiger partial charge in [0.1, 0.15) is 5.01 Å². The molecule has 2 aliphatic heterocycles. The fourth-order valence-electron chi connectivity index (χ4n) is 4.20. The van der Waals surface area contributed by atoms with Crippen LogP contribution in [-0.2, 0) is 9.59 Å². The molecule has 2 amide bonds. The van der Waals surface area contributed by atoms with Crippen LogP contribution in [0, 0.1) is 0 Å². The number of carbonyl (C=O) groups is 2. The Bertz CT molecular complexity index is 810. The molecule has 7 heteroatoms. The number of thiazole rings is 1. The lowest BCUT2D eigenvalue weighted by Gasteiger charge is -2.38. The minimum Gasteiger partial charge on any atom is -0.339 e. The van der Waals surface area contributed by atoms with Gasteiger partial charge in [-0.3, -0.25) is 14.5 Å². The molecular formula is C20H26N4O2S. The molecule has 1 aromatic heterocycles. The smallest absolute Gasteiger partial charge is 0.239 e. The van der Waals surface area contributed by atoms with Gasteiger partial charge in [-0.1, -0.05) is 12.1 Å². The van der Waals surface area contributed by atoms with Gasteiger partial charge in [-0.25, -0.2) is 4.98 Å².